The first-order chi connectivity index (χ1) is 9.49. The second-order valence-electron chi connectivity index (χ2n) is 7.84. The predicted molar refractivity (Wildman–Crippen MR) is 87.4 cm³/mol. The van der Waals surface area contributed by atoms with Crippen LogP contribution in [0.25, 0.3) is 0 Å². The zero-order valence-corrected chi connectivity index (χ0v) is 13.8. The number of hydrogen-bond donors (Lipinski definition) is 0. The van der Waals surface area contributed by atoms with Gasteiger partial charge in [0.05, 0.1) is 0 Å². The Morgan fingerprint density at radius 3 is 2.60 bits per heavy atom. The van der Waals surface area contributed by atoms with Crippen molar-refractivity contribution in [1.29, 1.82) is 0 Å². The largest absolute Gasteiger partial charge is 0.0850 e. The van der Waals surface area contributed by atoms with Gasteiger partial charge in [0.15, 0.2) is 0 Å². The molecule has 1 saturated carbocycles. The Bertz CT molecular complexity index is 472. The molecule has 0 aromatic rings. The van der Waals surface area contributed by atoms with Gasteiger partial charge < -0.3 is 0 Å². The second kappa shape index (κ2) is 5.20. The average Bonchev–Trinajstić information content (AvgIpc) is 2.36. The summed E-state index contributed by atoms with van der Waals surface area (Å²) in [6.07, 6.45) is 11.9. The van der Waals surface area contributed by atoms with Crippen molar-refractivity contribution in [2.75, 3.05) is 0 Å². The van der Waals surface area contributed by atoms with Crippen LogP contribution >= 0.6 is 0 Å². The fourth-order valence-corrected chi connectivity index (χ4v) is 5.35. The Balaban J connectivity index is 2.06. The number of rotatable bonds is 1. The van der Waals surface area contributed by atoms with Crippen molar-refractivity contribution in [3.63, 3.8) is 0 Å². The monoisotopic (exact) mass is 270 g/mol. The standard InChI is InChI=1S/C20H30/c1-12(2)10-16-11-15(5)18-8-6-13(3)17-9-7-14(4)19(16)20(17)18/h7,10-11,13,16-20H,6,8-9H2,1-5H3/t13-,16-,17-,18+,19+,20-/m0/s1. The Morgan fingerprint density at radius 2 is 1.90 bits per heavy atom. The van der Waals surface area contributed by atoms with Crippen LogP contribution in [-0.2, 0) is 0 Å². The molecule has 0 bridgehead atoms. The van der Waals surface area contributed by atoms with Crippen LogP contribution in [0.3, 0.4) is 0 Å². The van der Waals surface area contributed by atoms with Crippen molar-refractivity contribution in [2.24, 2.45) is 35.5 Å². The van der Waals surface area contributed by atoms with Crippen LogP contribution in [-0.4, -0.2) is 0 Å². The molecule has 0 spiro atoms. The first kappa shape index (κ1) is 14.2. The van der Waals surface area contributed by atoms with Gasteiger partial charge in [-0.1, -0.05) is 41.9 Å². The molecule has 3 aliphatic carbocycles. The lowest BCUT2D eigenvalue weighted by atomic mass is 9.52. The fraction of sp³-hybridized carbons (Fsp3) is 0.700. The summed E-state index contributed by atoms with van der Waals surface area (Å²) >= 11 is 0. The highest BCUT2D eigenvalue weighted by Crippen LogP contribution is 2.56. The third kappa shape index (κ3) is 2.22. The first-order valence-electron chi connectivity index (χ1n) is 8.49. The van der Waals surface area contributed by atoms with Crippen molar-refractivity contribution >= 4 is 0 Å². The summed E-state index contributed by atoms with van der Waals surface area (Å²) in [5.74, 6) is 5.05. The Labute approximate surface area is 125 Å². The maximum atomic E-state index is 2.59. The van der Waals surface area contributed by atoms with E-state index in [2.05, 4.69) is 52.8 Å². The number of allylic oxidation sites excluding steroid dienone is 6. The lowest BCUT2D eigenvalue weighted by molar-refractivity contribution is 0.0525. The molecule has 3 rings (SSSR count). The average molecular weight is 270 g/mol. The van der Waals surface area contributed by atoms with Crippen molar-refractivity contribution < 1.29 is 0 Å². The molecule has 0 amide bonds. The van der Waals surface area contributed by atoms with E-state index in [4.69, 9.17) is 0 Å². The van der Waals surface area contributed by atoms with Crippen LogP contribution < -0.4 is 0 Å². The van der Waals surface area contributed by atoms with Gasteiger partial charge in [-0.05, 0) is 76.5 Å². The Morgan fingerprint density at radius 1 is 1.15 bits per heavy atom. The highest BCUT2D eigenvalue weighted by atomic mass is 14.5. The summed E-state index contributed by atoms with van der Waals surface area (Å²) in [5.41, 5.74) is 4.81. The lowest BCUT2D eigenvalue weighted by Gasteiger charge is -2.53. The second-order valence-corrected chi connectivity index (χ2v) is 7.84. The SMILES string of the molecule is CC(C)=C[C@H]1C=C(C)[C@H]2CC[C@H](C)[C@@H]3CC=C(C)[C@H]1[C@@H]32. The van der Waals surface area contributed by atoms with Crippen molar-refractivity contribution in [3.05, 3.63) is 34.9 Å². The number of hydrogen-bond acceptors (Lipinski definition) is 0. The molecule has 0 aromatic carbocycles. The summed E-state index contributed by atoms with van der Waals surface area (Å²) in [5, 5.41) is 0. The van der Waals surface area contributed by atoms with Crippen LogP contribution in [0.15, 0.2) is 34.9 Å². The molecule has 0 saturated heterocycles. The van der Waals surface area contributed by atoms with Crippen LogP contribution in [0.4, 0.5) is 0 Å². The van der Waals surface area contributed by atoms with Crippen LogP contribution in [0.1, 0.15) is 53.9 Å². The maximum Gasteiger partial charge on any atom is 0.00201 e. The topological polar surface area (TPSA) is 0 Å². The Kier molecular flexibility index (Phi) is 3.69. The molecule has 0 nitrogen and oxygen atoms in total. The van der Waals surface area contributed by atoms with Crippen molar-refractivity contribution in [3.8, 4) is 0 Å². The molecule has 0 radical (unpaired) electrons. The molecule has 3 aliphatic rings. The van der Waals surface area contributed by atoms with Crippen LogP contribution in [0, 0.1) is 35.5 Å². The van der Waals surface area contributed by atoms with E-state index in [0.29, 0.717) is 5.92 Å². The van der Waals surface area contributed by atoms with Crippen molar-refractivity contribution in [2.45, 2.75) is 53.9 Å². The van der Waals surface area contributed by atoms with E-state index in [9.17, 15) is 0 Å². The minimum Gasteiger partial charge on any atom is -0.0850 e. The van der Waals surface area contributed by atoms with E-state index in [1.165, 1.54) is 24.8 Å². The van der Waals surface area contributed by atoms with Gasteiger partial charge in [-0.2, -0.15) is 0 Å². The van der Waals surface area contributed by atoms with E-state index < -0.39 is 0 Å². The fourth-order valence-electron chi connectivity index (χ4n) is 5.35. The summed E-state index contributed by atoms with van der Waals surface area (Å²) in [7, 11) is 0. The molecule has 0 unspecified atom stereocenters. The van der Waals surface area contributed by atoms with Gasteiger partial charge in [0.2, 0.25) is 0 Å². The minimum atomic E-state index is 0.644. The van der Waals surface area contributed by atoms with Crippen LogP contribution in [0.5, 0.6) is 0 Å². The highest BCUT2D eigenvalue weighted by Gasteiger charge is 2.47. The molecule has 20 heavy (non-hydrogen) atoms. The third-order valence-corrected chi connectivity index (χ3v) is 6.26. The predicted octanol–water partition coefficient (Wildman–Crippen LogP) is 5.77. The summed E-state index contributed by atoms with van der Waals surface area (Å²) < 4.78 is 0. The zero-order chi connectivity index (χ0) is 14.4. The molecule has 6 atom stereocenters. The van der Waals surface area contributed by atoms with E-state index in [1.54, 1.807) is 11.1 Å². The van der Waals surface area contributed by atoms with Gasteiger partial charge in [-0.15, -0.1) is 0 Å². The summed E-state index contributed by atoms with van der Waals surface area (Å²) in [6.45, 7) is 11.8. The molecule has 110 valence electrons. The molecule has 0 N–H and O–H groups in total. The van der Waals surface area contributed by atoms with Crippen molar-refractivity contribution in [1.82, 2.24) is 0 Å². The summed E-state index contributed by atoms with van der Waals surface area (Å²) in [6, 6.07) is 0. The van der Waals surface area contributed by atoms with E-state index in [0.717, 1.165) is 29.6 Å². The normalized spacial score (nSPS) is 43.2. The molecular weight excluding hydrogens is 240 g/mol. The van der Waals surface area contributed by atoms with Gasteiger partial charge in [-0.3, -0.25) is 0 Å². The maximum absolute atomic E-state index is 2.59. The van der Waals surface area contributed by atoms with E-state index >= 15 is 0 Å². The van der Waals surface area contributed by atoms with Gasteiger partial charge in [-0.25, -0.2) is 0 Å². The molecular formula is C20H30. The van der Waals surface area contributed by atoms with Gasteiger partial charge in [0, 0.05) is 5.92 Å². The molecule has 0 heterocycles. The molecule has 0 heteroatoms. The molecule has 1 fully saturated rings. The van der Waals surface area contributed by atoms with E-state index in [1.807, 2.05) is 0 Å². The van der Waals surface area contributed by atoms with E-state index in [-0.39, 0.29) is 0 Å². The minimum absolute atomic E-state index is 0.644. The van der Waals surface area contributed by atoms with Gasteiger partial charge >= 0.3 is 0 Å². The smallest absolute Gasteiger partial charge is 0.00201 e. The lowest BCUT2D eigenvalue weighted by Crippen LogP contribution is -2.45. The van der Waals surface area contributed by atoms with Gasteiger partial charge in [0.1, 0.15) is 0 Å². The molecule has 0 aromatic heterocycles. The Hall–Kier alpha value is -0.780. The van der Waals surface area contributed by atoms with Gasteiger partial charge in [0.25, 0.3) is 0 Å². The highest BCUT2D eigenvalue weighted by molar-refractivity contribution is 5.29. The third-order valence-electron chi connectivity index (χ3n) is 6.26. The quantitative estimate of drug-likeness (QED) is 0.530. The first-order valence-corrected chi connectivity index (χ1v) is 8.49. The molecule has 0 aliphatic heterocycles. The zero-order valence-electron chi connectivity index (χ0n) is 13.8. The van der Waals surface area contributed by atoms with Crippen LogP contribution in [0.2, 0.25) is 0 Å². The summed E-state index contributed by atoms with van der Waals surface area (Å²) in [4.78, 5) is 0.